The van der Waals surface area contributed by atoms with E-state index >= 15 is 0 Å². The molecule has 0 bridgehead atoms. The Morgan fingerprint density at radius 3 is 2.13 bits per heavy atom. The van der Waals surface area contributed by atoms with Crippen LogP contribution in [-0.2, 0) is 11.3 Å². The number of likely N-dealkylation sites (tertiary alicyclic amines) is 1. The molecule has 2 saturated heterocycles. The van der Waals surface area contributed by atoms with Crippen molar-refractivity contribution in [3.63, 3.8) is 0 Å². The van der Waals surface area contributed by atoms with E-state index in [0.717, 1.165) is 70.9 Å². The number of ether oxygens (including phenoxy) is 1. The average Bonchev–Trinajstić information content (AvgIpc) is 2.80. The molecule has 0 spiro atoms. The van der Waals surface area contributed by atoms with Crippen LogP contribution in [0.2, 0.25) is 0 Å². The number of likely N-dealkylation sites (N-methyl/N-ethyl adjacent to an activating group) is 1. The third kappa shape index (κ3) is 8.79. The smallest absolute Gasteiger partial charge is 0.260 e. The Morgan fingerprint density at radius 1 is 1.00 bits per heavy atom. The highest BCUT2D eigenvalue weighted by Crippen LogP contribution is 2.16. The van der Waals surface area contributed by atoms with Gasteiger partial charge in [0, 0.05) is 57.9 Å². The number of hydrogen-bond donors (Lipinski definition) is 1. The van der Waals surface area contributed by atoms with E-state index in [1.165, 1.54) is 5.56 Å². The minimum atomic E-state index is 0.0888. The fourth-order valence-corrected chi connectivity index (χ4v) is 4.22. The monoisotopic (exact) mass is 432 g/mol. The summed E-state index contributed by atoms with van der Waals surface area (Å²) in [6, 6.07) is 9.24. The number of benzene rings is 1. The van der Waals surface area contributed by atoms with Gasteiger partial charge in [0.25, 0.3) is 5.91 Å². The van der Waals surface area contributed by atoms with Crippen LogP contribution in [0.15, 0.2) is 24.3 Å². The molecule has 3 rings (SSSR count). The van der Waals surface area contributed by atoms with Crippen LogP contribution in [0.1, 0.15) is 53.0 Å². The summed E-state index contributed by atoms with van der Waals surface area (Å²) in [4.78, 5) is 19.4. The number of hydrogen-bond acceptors (Lipinski definition) is 5. The molecule has 31 heavy (non-hydrogen) atoms. The molecule has 1 N–H and O–H groups in total. The van der Waals surface area contributed by atoms with Gasteiger partial charge in [-0.1, -0.05) is 46.8 Å². The summed E-state index contributed by atoms with van der Waals surface area (Å²) in [5, 5.41) is 3.56. The summed E-state index contributed by atoms with van der Waals surface area (Å²) in [6.45, 7) is 19.0. The Bertz CT molecular complexity index is 619. The maximum atomic E-state index is 12.5. The highest BCUT2D eigenvalue weighted by atomic mass is 16.5. The van der Waals surface area contributed by atoms with Gasteiger partial charge in [0.05, 0.1) is 0 Å². The number of carbonyl (C=O) groups is 1. The molecular weight excluding hydrogens is 388 g/mol. The first-order valence-electron chi connectivity index (χ1n) is 12.2. The third-order valence-corrected chi connectivity index (χ3v) is 6.02. The van der Waals surface area contributed by atoms with E-state index in [9.17, 15) is 4.79 Å². The maximum absolute atomic E-state index is 12.5. The summed E-state index contributed by atoms with van der Waals surface area (Å²) in [5.74, 6) is 0.861. The van der Waals surface area contributed by atoms with Gasteiger partial charge in [0.2, 0.25) is 0 Å². The van der Waals surface area contributed by atoms with E-state index in [2.05, 4.69) is 48.0 Å². The van der Waals surface area contributed by atoms with Crippen LogP contribution in [0, 0.1) is 0 Å². The van der Waals surface area contributed by atoms with Crippen molar-refractivity contribution in [1.29, 1.82) is 0 Å². The van der Waals surface area contributed by atoms with Crippen LogP contribution in [0.5, 0.6) is 5.75 Å². The SMILES string of the molecule is CC.CCN1CCN(Cc2ccc(OCC(=O)N3CCC(NC(C)C)CC3)cc2)CC1. The van der Waals surface area contributed by atoms with Crippen molar-refractivity contribution in [3.05, 3.63) is 29.8 Å². The zero-order valence-electron chi connectivity index (χ0n) is 20.4. The Balaban J connectivity index is 0.00000166. The largest absolute Gasteiger partial charge is 0.484 e. The van der Waals surface area contributed by atoms with Gasteiger partial charge in [-0.05, 0) is 37.1 Å². The summed E-state index contributed by atoms with van der Waals surface area (Å²) in [7, 11) is 0. The normalized spacial score (nSPS) is 18.6. The van der Waals surface area contributed by atoms with Crippen LogP contribution in [0.3, 0.4) is 0 Å². The van der Waals surface area contributed by atoms with Crippen molar-refractivity contribution in [2.75, 3.05) is 52.4 Å². The van der Waals surface area contributed by atoms with E-state index in [1.54, 1.807) is 0 Å². The Kier molecular flexibility index (Phi) is 11.3. The number of carbonyl (C=O) groups excluding carboxylic acids is 1. The second-order valence-corrected chi connectivity index (χ2v) is 8.62. The number of nitrogens with zero attached hydrogens (tertiary/aromatic N) is 3. The van der Waals surface area contributed by atoms with Gasteiger partial charge in [-0.3, -0.25) is 9.69 Å². The number of piperidine rings is 1. The Hall–Kier alpha value is -1.63. The van der Waals surface area contributed by atoms with Crippen LogP contribution in [0.4, 0.5) is 0 Å². The molecule has 2 aliphatic rings. The zero-order chi connectivity index (χ0) is 22.6. The van der Waals surface area contributed by atoms with Crippen molar-refractivity contribution in [3.8, 4) is 5.75 Å². The van der Waals surface area contributed by atoms with Crippen molar-refractivity contribution < 1.29 is 9.53 Å². The quantitative estimate of drug-likeness (QED) is 0.684. The van der Waals surface area contributed by atoms with E-state index in [4.69, 9.17) is 4.74 Å². The average molecular weight is 433 g/mol. The van der Waals surface area contributed by atoms with Crippen molar-refractivity contribution in [1.82, 2.24) is 20.0 Å². The van der Waals surface area contributed by atoms with Crippen LogP contribution in [0.25, 0.3) is 0 Å². The minimum Gasteiger partial charge on any atom is -0.484 e. The minimum absolute atomic E-state index is 0.0888. The highest BCUT2D eigenvalue weighted by Gasteiger charge is 2.23. The van der Waals surface area contributed by atoms with E-state index in [-0.39, 0.29) is 12.5 Å². The molecule has 0 atom stereocenters. The molecule has 0 unspecified atom stereocenters. The van der Waals surface area contributed by atoms with Gasteiger partial charge in [-0.2, -0.15) is 0 Å². The summed E-state index contributed by atoms with van der Waals surface area (Å²) in [6.07, 6.45) is 2.04. The molecule has 6 nitrogen and oxygen atoms in total. The number of rotatable bonds is 8. The number of piperazine rings is 1. The molecule has 0 radical (unpaired) electrons. The van der Waals surface area contributed by atoms with Gasteiger partial charge < -0.3 is 19.9 Å². The summed E-state index contributed by atoms with van der Waals surface area (Å²) in [5.41, 5.74) is 1.30. The second-order valence-electron chi connectivity index (χ2n) is 8.62. The van der Waals surface area contributed by atoms with Gasteiger partial charge in [0.15, 0.2) is 6.61 Å². The van der Waals surface area contributed by atoms with Crippen LogP contribution >= 0.6 is 0 Å². The second kappa shape index (κ2) is 13.7. The molecule has 6 heteroatoms. The lowest BCUT2D eigenvalue weighted by atomic mass is 10.0. The lowest BCUT2D eigenvalue weighted by Crippen LogP contribution is -2.47. The molecule has 1 aromatic rings. The molecule has 2 aliphatic heterocycles. The van der Waals surface area contributed by atoms with E-state index < -0.39 is 0 Å². The van der Waals surface area contributed by atoms with Crippen LogP contribution < -0.4 is 10.1 Å². The van der Waals surface area contributed by atoms with E-state index in [0.29, 0.717) is 12.1 Å². The molecule has 2 heterocycles. The fourth-order valence-electron chi connectivity index (χ4n) is 4.22. The molecule has 1 aromatic carbocycles. The van der Waals surface area contributed by atoms with Gasteiger partial charge >= 0.3 is 0 Å². The first-order chi connectivity index (χ1) is 15.0. The van der Waals surface area contributed by atoms with Gasteiger partial charge in [0.1, 0.15) is 5.75 Å². The van der Waals surface area contributed by atoms with Crippen LogP contribution in [-0.4, -0.2) is 85.1 Å². The first-order valence-corrected chi connectivity index (χ1v) is 12.2. The molecule has 176 valence electrons. The van der Waals surface area contributed by atoms with Gasteiger partial charge in [-0.25, -0.2) is 0 Å². The molecule has 2 fully saturated rings. The predicted octanol–water partition coefficient (Wildman–Crippen LogP) is 3.22. The summed E-state index contributed by atoms with van der Waals surface area (Å²) < 4.78 is 5.76. The maximum Gasteiger partial charge on any atom is 0.260 e. The standard InChI is InChI=1S/C23H38N4O2.C2H6/c1-4-25-13-15-26(16-14-25)17-20-5-7-22(8-6-20)29-18-23(28)27-11-9-21(10-12-27)24-19(2)3;1-2/h5-8,19,21,24H,4,9-18H2,1-3H3;1-2H3. The lowest BCUT2D eigenvalue weighted by Gasteiger charge is -2.34. The third-order valence-electron chi connectivity index (χ3n) is 6.02. The van der Waals surface area contributed by atoms with Crippen molar-refractivity contribution >= 4 is 5.91 Å². The molecule has 0 saturated carbocycles. The highest BCUT2D eigenvalue weighted by molar-refractivity contribution is 5.77. The lowest BCUT2D eigenvalue weighted by molar-refractivity contribution is -0.134. The van der Waals surface area contributed by atoms with Crippen molar-refractivity contribution in [2.24, 2.45) is 0 Å². The Labute approximate surface area is 189 Å². The Morgan fingerprint density at radius 2 is 1.58 bits per heavy atom. The molecule has 0 aromatic heterocycles. The molecular formula is C25H44N4O2. The first kappa shape index (κ1) is 25.6. The van der Waals surface area contributed by atoms with E-state index in [1.807, 2.05) is 30.9 Å². The predicted molar refractivity (Wildman–Crippen MR) is 129 cm³/mol. The zero-order valence-corrected chi connectivity index (χ0v) is 20.4. The molecule has 0 aliphatic carbocycles. The molecule has 1 amide bonds. The topological polar surface area (TPSA) is 48.1 Å². The number of amides is 1. The van der Waals surface area contributed by atoms with Crippen molar-refractivity contribution in [2.45, 2.75) is 66.1 Å². The fraction of sp³-hybridized carbons (Fsp3) is 0.720. The number of nitrogens with one attached hydrogen (secondary N) is 1. The summed E-state index contributed by atoms with van der Waals surface area (Å²) >= 11 is 0. The van der Waals surface area contributed by atoms with Gasteiger partial charge in [-0.15, -0.1) is 0 Å².